The lowest BCUT2D eigenvalue weighted by molar-refractivity contribution is -0.108. The van der Waals surface area contributed by atoms with Crippen LogP contribution in [0, 0.1) is 0 Å². The highest BCUT2D eigenvalue weighted by Gasteiger charge is 2.07. The number of carbonyl (C=O) groups is 1. The van der Waals surface area contributed by atoms with Crippen molar-refractivity contribution < 1.29 is 9.63 Å². The summed E-state index contributed by atoms with van der Waals surface area (Å²) in [6, 6.07) is 0. The predicted octanol–water partition coefficient (Wildman–Crippen LogP) is 1.07. The topological polar surface area (TPSA) is 29.5 Å². The van der Waals surface area contributed by atoms with E-state index in [2.05, 4.69) is 0 Å². The third-order valence-corrected chi connectivity index (χ3v) is 1.59. The lowest BCUT2D eigenvalue weighted by Gasteiger charge is -2.17. The third kappa shape index (κ3) is 2.06. The highest BCUT2D eigenvalue weighted by Crippen LogP contribution is 2.09. The van der Waals surface area contributed by atoms with Gasteiger partial charge in [0.05, 0.1) is 13.7 Å². The molecule has 0 aromatic heterocycles. The first-order valence-corrected chi connectivity index (χ1v) is 3.51. The van der Waals surface area contributed by atoms with Gasteiger partial charge in [0, 0.05) is 11.8 Å². The number of carbonyl (C=O) groups excluding carboxylic acids is 1. The number of hydrogen-bond donors (Lipinski definition) is 0. The minimum Gasteiger partial charge on any atom is -0.277 e. The van der Waals surface area contributed by atoms with E-state index in [4.69, 9.17) is 16.4 Å². The van der Waals surface area contributed by atoms with Crippen LogP contribution in [-0.2, 0) is 9.63 Å². The van der Waals surface area contributed by atoms with Crippen LogP contribution in [0.1, 0.15) is 0 Å². The van der Waals surface area contributed by atoms with Crippen molar-refractivity contribution in [3.63, 3.8) is 0 Å². The summed E-state index contributed by atoms with van der Waals surface area (Å²) in [6.07, 6.45) is 4.98. The highest BCUT2D eigenvalue weighted by atomic mass is 35.5. The van der Waals surface area contributed by atoms with Crippen LogP contribution in [0.3, 0.4) is 0 Å². The van der Waals surface area contributed by atoms with E-state index in [-0.39, 0.29) is 0 Å². The van der Waals surface area contributed by atoms with E-state index >= 15 is 0 Å². The number of hydroxylamine groups is 2. The van der Waals surface area contributed by atoms with Gasteiger partial charge in [-0.05, 0) is 17.7 Å². The molecule has 0 unspecified atom stereocenters. The van der Waals surface area contributed by atoms with Crippen LogP contribution in [0.5, 0.6) is 0 Å². The zero-order valence-electron chi connectivity index (χ0n) is 6.08. The van der Waals surface area contributed by atoms with Crippen molar-refractivity contribution in [1.29, 1.82) is 0 Å². The summed E-state index contributed by atoms with van der Waals surface area (Å²) in [5.41, 5.74) is 0.514. The van der Waals surface area contributed by atoms with Crippen LogP contribution in [0.15, 0.2) is 23.9 Å². The molecule has 0 aromatic rings. The van der Waals surface area contributed by atoms with E-state index in [0.29, 0.717) is 12.1 Å². The first-order valence-electron chi connectivity index (χ1n) is 3.13. The molecule has 0 spiro atoms. The summed E-state index contributed by atoms with van der Waals surface area (Å²) in [4.78, 5) is 15.4. The maximum atomic E-state index is 10.6. The van der Waals surface area contributed by atoms with Crippen molar-refractivity contribution in [2.24, 2.45) is 0 Å². The summed E-state index contributed by atoms with van der Waals surface area (Å²) in [5, 5.41) is 1.15. The summed E-state index contributed by atoms with van der Waals surface area (Å²) in [6.45, 7) is 0.556. The van der Waals surface area contributed by atoms with Crippen LogP contribution in [0.2, 0.25) is 0 Å². The molecular formula is C7H8ClNO2. The van der Waals surface area contributed by atoms with Gasteiger partial charge in [-0.2, -0.15) is 0 Å². The summed E-state index contributed by atoms with van der Waals surface area (Å²) in [7, 11) is 1.56. The minimum atomic E-state index is -0.433. The van der Waals surface area contributed by atoms with Gasteiger partial charge in [-0.25, -0.2) is 0 Å². The van der Waals surface area contributed by atoms with Crippen molar-refractivity contribution in [2.75, 3.05) is 13.7 Å². The van der Waals surface area contributed by atoms with Crippen LogP contribution < -0.4 is 0 Å². The van der Waals surface area contributed by atoms with Crippen molar-refractivity contribution in [2.45, 2.75) is 0 Å². The first kappa shape index (κ1) is 8.30. The van der Waals surface area contributed by atoms with Gasteiger partial charge in [0.1, 0.15) is 0 Å². The monoisotopic (exact) mass is 173 g/mol. The van der Waals surface area contributed by atoms with Gasteiger partial charge in [-0.3, -0.25) is 14.7 Å². The van der Waals surface area contributed by atoms with Crippen LogP contribution >= 0.6 is 11.6 Å². The fraction of sp³-hybridized carbons (Fsp3) is 0.286. The fourth-order valence-corrected chi connectivity index (χ4v) is 0.902. The quantitative estimate of drug-likeness (QED) is 0.585. The van der Waals surface area contributed by atoms with Gasteiger partial charge < -0.3 is 0 Å². The summed E-state index contributed by atoms with van der Waals surface area (Å²) in [5.74, 6) is 0. The average Bonchev–Trinajstić information content (AvgIpc) is 2.05. The number of hydrogen-bond acceptors (Lipinski definition) is 3. The molecule has 0 atom stereocenters. The summed E-state index contributed by atoms with van der Waals surface area (Å²) < 4.78 is 0. The fourth-order valence-electron chi connectivity index (χ4n) is 0.762. The Morgan fingerprint density at radius 3 is 2.91 bits per heavy atom. The molecule has 0 amide bonds. The van der Waals surface area contributed by atoms with E-state index in [0.717, 1.165) is 0 Å². The molecule has 0 saturated carbocycles. The van der Waals surface area contributed by atoms with Crippen molar-refractivity contribution in [1.82, 2.24) is 5.06 Å². The van der Waals surface area contributed by atoms with Gasteiger partial charge in [-0.15, -0.1) is 0 Å². The second-order valence-corrected chi connectivity index (χ2v) is 2.37. The molecule has 1 aliphatic rings. The Balaban J connectivity index is 2.60. The lowest BCUT2D eigenvalue weighted by atomic mass is 10.2. The van der Waals surface area contributed by atoms with Gasteiger partial charge in [0.15, 0.2) is 0 Å². The number of halogens is 1. The zero-order chi connectivity index (χ0) is 8.27. The van der Waals surface area contributed by atoms with E-state index in [1.165, 1.54) is 0 Å². The zero-order valence-corrected chi connectivity index (χ0v) is 6.84. The van der Waals surface area contributed by atoms with Gasteiger partial charge in [0.25, 0.3) is 5.24 Å². The van der Waals surface area contributed by atoms with E-state index in [9.17, 15) is 4.79 Å². The molecule has 0 fully saturated rings. The van der Waals surface area contributed by atoms with Gasteiger partial charge in [0.2, 0.25) is 0 Å². The molecule has 0 N–H and O–H groups in total. The number of rotatable bonds is 2. The maximum absolute atomic E-state index is 10.6. The standard InChI is InChI=1S/C7H8ClNO2/c1-11-9-4-2-6(3-5-9)7(8)10/h2-4H,5H2,1H3. The highest BCUT2D eigenvalue weighted by molar-refractivity contribution is 6.68. The maximum Gasteiger partial charge on any atom is 0.252 e. The van der Waals surface area contributed by atoms with Crippen molar-refractivity contribution in [3.8, 4) is 0 Å². The Labute approximate surface area is 69.8 Å². The Morgan fingerprint density at radius 1 is 1.82 bits per heavy atom. The van der Waals surface area contributed by atoms with Gasteiger partial charge in [-0.1, -0.05) is 6.08 Å². The van der Waals surface area contributed by atoms with E-state index in [1.807, 2.05) is 0 Å². The molecule has 0 bridgehead atoms. The molecule has 0 saturated heterocycles. The first-order chi connectivity index (χ1) is 5.24. The largest absolute Gasteiger partial charge is 0.277 e. The molecular weight excluding hydrogens is 166 g/mol. The average molecular weight is 174 g/mol. The number of nitrogens with zero attached hydrogens (tertiary/aromatic N) is 1. The molecule has 0 radical (unpaired) electrons. The minimum absolute atomic E-state index is 0.433. The van der Waals surface area contributed by atoms with Crippen LogP contribution in [0.25, 0.3) is 0 Å². The normalized spacial score (nSPS) is 16.5. The molecule has 1 aliphatic heterocycles. The Bertz CT molecular complexity index is 222. The molecule has 60 valence electrons. The Hall–Kier alpha value is -0.800. The Kier molecular flexibility index (Phi) is 2.68. The molecule has 0 aliphatic carbocycles. The SMILES string of the molecule is CON1C=CC(C(=O)Cl)=CC1. The second-order valence-electron chi connectivity index (χ2n) is 2.03. The van der Waals surface area contributed by atoms with Gasteiger partial charge >= 0.3 is 0 Å². The molecule has 4 heteroatoms. The van der Waals surface area contributed by atoms with Crippen LogP contribution in [0.4, 0.5) is 0 Å². The molecule has 11 heavy (non-hydrogen) atoms. The van der Waals surface area contributed by atoms with Crippen LogP contribution in [-0.4, -0.2) is 24.0 Å². The second kappa shape index (κ2) is 3.55. The van der Waals surface area contributed by atoms with E-state index in [1.54, 1.807) is 30.5 Å². The third-order valence-electron chi connectivity index (χ3n) is 1.37. The Morgan fingerprint density at radius 2 is 2.55 bits per heavy atom. The smallest absolute Gasteiger partial charge is 0.252 e. The van der Waals surface area contributed by atoms with Crippen molar-refractivity contribution >= 4 is 16.8 Å². The molecule has 1 heterocycles. The predicted molar refractivity (Wildman–Crippen MR) is 41.8 cm³/mol. The van der Waals surface area contributed by atoms with Crippen molar-refractivity contribution in [3.05, 3.63) is 23.9 Å². The summed E-state index contributed by atoms with van der Waals surface area (Å²) >= 11 is 5.23. The molecule has 3 nitrogen and oxygen atoms in total. The van der Waals surface area contributed by atoms with E-state index < -0.39 is 5.24 Å². The molecule has 1 rings (SSSR count). The lowest BCUT2D eigenvalue weighted by Crippen LogP contribution is -2.19. The number of allylic oxidation sites excluding steroid dienone is 2. The molecule has 0 aromatic carbocycles.